The van der Waals surface area contributed by atoms with Gasteiger partial charge in [-0.05, 0) is 43.4 Å². The molecule has 1 aromatic rings. The molecule has 0 fully saturated rings. The molecule has 0 atom stereocenters. The quantitative estimate of drug-likeness (QED) is 0.566. The van der Waals surface area contributed by atoms with Crippen LogP contribution in [0.2, 0.25) is 0 Å². The number of benzene rings is 1. The van der Waals surface area contributed by atoms with E-state index in [0.717, 1.165) is 36.0 Å². The Bertz CT molecular complexity index is 350. The summed E-state index contributed by atoms with van der Waals surface area (Å²) in [4.78, 5) is 0. The molecule has 0 N–H and O–H groups in total. The van der Waals surface area contributed by atoms with Crippen molar-refractivity contribution in [3.8, 4) is 0 Å². The molecule has 0 nitrogen and oxygen atoms in total. The average Bonchev–Trinajstić information content (AvgIpc) is 2.29. The number of aryl methyl sites for hydroxylation is 2. The fourth-order valence-corrected chi connectivity index (χ4v) is 1.90. The summed E-state index contributed by atoms with van der Waals surface area (Å²) in [5.41, 5.74) is 3.04. The Morgan fingerprint density at radius 3 is 3.00 bits per heavy atom. The summed E-state index contributed by atoms with van der Waals surface area (Å²) < 4.78 is 13.6. The van der Waals surface area contributed by atoms with Crippen molar-refractivity contribution < 1.29 is 4.39 Å². The van der Waals surface area contributed by atoms with E-state index in [9.17, 15) is 4.39 Å². The standard InChI is InChI=1S/C12H13F/c1-9-5-4-7-10-6-2-3-8-11(13)12(9)10/h4-5,7-8H,2-3,6H2,1H3. The van der Waals surface area contributed by atoms with E-state index >= 15 is 0 Å². The van der Waals surface area contributed by atoms with Gasteiger partial charge in [-0.3, -0.25) is 0 Å². The van der Waals surface area contributed by atoms with Gasteiger partial charge in [0.15, 0.2) is 0 Å². The molecule has 0 spiro atoms. The zero-order chi connectivity index (χ0) is 9.26. The van der Waals surface area contributed by atoms with Crippen LogP contribution in [-0.4, -0.2) is 0 Å². The molecule has 0 saturated carbocycles. The molecule has 1 aromatic carbocycles. The first kappa shape index (κ1) is 8.49. The van der Waals surface area contributed by atoms with Crippen molar-refractivity contribution in [2.75, 3.05) is 0 Å². The summed E-state index contributed by atoms with van der Waals surface area (Å²) in [6.07, 6.45) is 4.63. The van der Waals surface area contributed by atoms with E-state index in [-0.39, 0.29) is 5.83 Å². The van der Waals surface area contributed by atoms with Gasteiger partial charge in [0.1, 0.15) is 5.83 Å². The normalized spacial score (nSPS) is 16.0. The molecule has 0 bridgehead atoms. The molecule has 1 heteroatoms. The summed E-state index contributed by atoms with van der Waals surface area (Å²) in [5.74, 6) is -0.0365. The minimum Gasteiger partial charge on any atom is -0.207 e. The minimum absolute atomic E-state index is 0.0365. The monoisotopic (exact) mass is 176 g/mol. The number of rotatable bonds is 0. The van der Waals surface area contributed by atoms with E-state index in [2.05, 4.69) is 0 Å². The summed E-state index contributed by atoms with van der Waals surface area (Å²) >= 11 is 0. The Morgan fingerprint density at radius 1 is 1.31 bits per heavy atom. The fraction of sp³-hybridized carbons (Fsp3) is 0.333. The molecular formula is C12H13F. The largest absolute Gasteiger partial charge is 0.207 e. The topological polar surface area (TPSA) is 0 Å². The van der Waals surface area contributed by atoms with Crippen LogP contribution in [0.4, 0.5) is 4.39 Å². The van der Waals surface area contributed by atoms with Gasteiger partial charge < -0.3 is 0 Å². The van der Waals surface area contributed by atoms with Crippen molar-refractivity contribution in [1.82, 2.24) is 0 Å². The predicted octanol–water partition coefficient (Wildman–Crippen LogP) is 3.64. The first-order chi connectivity index (χ1) is 6.29. The molecule has 0 radical (unpaired) electrons. The summed E-state index contributed by atoms with van der Waals surface area (Å²) in [7, 11) is 0. The fourth-order valence-electron chi connectivity index (χ4n) is 1.90. The number of allylic oxidation sites excluding steroid dienone is 1. The van der Waals surface area contributed by atoms with Gasteiger partial charge in [0.05, 0.1) is 0 Å². The Labute approximate surface area is 78.1 Å². The van der Waals surface area contributed by atoms with Gasteiger partial charge in [-0.1, -0.05) is 18.2 Å². The van der Waals surface area contributed by atoms with Gasteiger partial charge in [-0.2, -0.15) is 0 Å². The molecule has 0 heterocycles. The van der Waals surface area contributed by atoms with Crippen LogP contribution in [0.1, 0.15) is 29.5 Å². The minimum atomic E-state index is -0.0365. The molecule has 0 saturated heterocycles. The molecule has 0 aromatic heterocycles. The maximum absolute atomic E-state index is 13.6. The molecule has 2 rings (SSSR count). The van der Waals surface area contributed by atoms with Gasteiger partial charge in [0, 0.05) is 5.56 Å². The van der Waals surface area contributed by atoms with Gasteiger partial charge in [0.2, 0.25) is 0 Å². The van der Waals surface area contributed by atoms with Crippen molar-refractivity contribution in [3.63, 3.8) is 0 Å². The first-order valence-corrected chi connectivity index (χ1v) is 4.73. The third-order valence-corrected chi connectivity index (χ3v) is 2.57. The van der Waals surface area contributed by atoms with E-state index < -0.39 is 0 Å². The third kappa shape index (κ3) is 1.51. The molecule has 1 aliphatic carbocycles. The highest BCUT2D eigenvalue weighted by molar-refractivity contribution is 5.66. The van der Waals surface area contributed by atoms with Crippen LogP contribution in [0.25, 0.3) is 5.83 Å². The summed E-state index contributed by atoms with van der Waals surface area (Å²) in [5, 5.41) is 0. The molecular weight excluding hydrogens is 163 g/mol. The van der Waals surface area contributed by atoms with Gasteiger partial charge in [-0.25, -0.2) is 4.39 Å². The second kappa shape index (κ2) is 3.33. The number of halogens is 1. The second-order valence-corrected chi connectivity index (χ2v) is 3.55. The SMILES string of the molecule is Cc1cccc2c1C(F)=CCCC2. The van der Waals surface area contributed by atoms with E-state index in [1.165, 1.54) is 0 Å². The smallest absolute Gasteiger partial charge is 0.126 e. The summed E-state index contributed by atoms with van der Waals surface area (Å²) in [6.45, 7) is 1.97. The Hall–Kier alpha value is -1.11. The van der Waals surface area contributed by atoms with Crippen LogP contribution in [0.15, 0.2) is 24.3 Å². The highest BCUT2D eigenvalue weighted by Crippen LogP contribution is 2.28. The van der Waals surface area contributed by atoms with E-state index in [1.807, 2.05) is 25.1 Å². The van der Waals surface area contributed by atoms with E-state index in [4.69, 9.17) is 0 Å². The number of fused-ring (bicyclic) bond motifs is 1. The van der Waals surface area contributed by atoms with Gasteiger partial charge in [0.25, 0.3) is 0 Å². The van der Waals surface area contributed by atoms with Crippen molar-refractivity contribution in [2.24, 2.45) is 0 Å². The molecule has 0 amide bonds. The molecule has 68 valence electrons. The average molecular weight is 176 g/mol. The van der Waals surface area contributed by atoms with Crippen LogP contribution in [0.5, 0.6) is 0 Å². The van der Waals surface area contributed by atoms with Crippen molar-refractivity contribution in [1.29, 1.82) is 0 Å². The molecule has 1 aliphatic rings. The zero-order valence-electron chi connectivity index (χ0n) is 7.81. The Balaban J connectivity index is 2.60. The number of hydrogen-bond acceptors (Lipinski definition) is 0. The number of hydrogen-bond donors (Lipinski definition) is 0. The lowest BCUT2D eigenvalue weighted by Crippen LogP contribution is -1.92. The Morgan fingerprint density at radius 2 is 2.15 bits per heavy atom. The van der Waals surface area contributed by atoms with Crippen LogP contribution in [0, 0.1) is 6.92 Å². The second-order valence-electron chi connectivity index (χ2n) is 3.55. The first-order valence-electron chi connectivity index (χ1n) is 4.73. The third-order valence-electron chi connectivity index (χ3n) is 2.57. The van der Waals surface area contributed by atoms with E-state index in [0.29, 0.717) is 0 Å². The van der Waals surface area contributed by atoms with Crippen LogP contribution in [0.3, 0.4) is 0 Å². The lowest BCUT2D eigenvalue weighted by molar-refractivity contribution is 0.754. The van der Waals surface area contributed by atoms with Gasteiger partial charge >= 0.3 is 0 Å². The van der Waals surface area contributed by atoms with E-state index in [1.54, 1.807) is 6.08 Å². The highest BCUT2D eigenvalue weighted by Gasteiger charge is 2.12. The molecule has 0 aliphatic heterocycles. The predicted molar refractivity (Wildman–Crippen MR) is 53.2 cm³/mol. The highest BCUT2D eigenvalue weighted by atomic mass is 19.1. The van der Waals surface area contributed by atoms with Crippen LogP contribution < -0.4 is 0 Å². The van der Waals surface area contributed by atoms with Crippen molar-refractivity contribution in [3.05, 3.63) is 41.0 Å². The van der Waals surface area contributed by atoms with Crippen LogP contribution in [-0.2, 0) is 6.42 Å². The van der Waals surface area contributed by atoms with Crippen molar-refractivity contribution in [2.45, 2.75) is 26.2 Å². The maximum Gasteiger partial charge on any atom is 0.126 e. The van der Waals surface area contributed by atoms with Crippen molar-refractivity contribution >= 4 is 5.83 Å². The van der Waals surface area contributed by atoms with Crippen LogP contribution >= 0.6 is 0 Å². The Kier molecular flexibility index (Phi) is 2.17. The maximum atomic E-state index is 13.6. The molecule has 0 unspecified atom stereocenters. The zero-order valence-corrected chi connectivity index (χ0v) is 7.81. The lowest BCUT2D eigenvalue weighted by Gasteiger charge is -2.07. The lowest BCUT2D eigenvalue weighted by atomic mass is 9.99. The van der Waals surface area contributed by atoms with Gasteiger partial charge in [-0.15, -0.1) is 0 Å². The molecule has 13 heavy (non-hydrogen) atoms. The summed E-state index contributed by atoms with van der Waals surface area (Å²) in [6, 6.07) is 6.01.